The van der Waals surface area contributed by atoms with E-state index < -0.39 is 0 Å². The molecular weight excluding hydrogens is 244 g/mol. The third-order valence-electron chi connectivity index (χ3n) is 2.56. The third kappa shape index (κ3) is 2.63. The maximum Gasteiger partial charge on any atom is 0.127 e. The van der Waals surface area contributed by atoms with Gasteiger partial charge in [-0.15, -0.1) is 0 Å². The zero-order chi connectivity index (χ0) is 13.1. The van der Waals surface area contributed by atoms with Crippen LogP contribution in [0.4, 0.5) is 0 Å². The van der Waals surface area contributed by atoms with E-state index in [4.69, 9.17) is 0 Å². The van der Waals surface area contributed by atoms with E-state index in [0.29, 0.717) is 11.1 Å². The Bertz CT molecular complexity index is 572. The number of hydrogen-bond donors (Lipinski definition) is 2. The van der Waals surface area contributed by atoms with Gasteiger partial charge in [0.2, 0.25) is 0 Å². The van der Waals surface area contributed by atoms with E-state index in [1.807, 2.05) is 29.0 Å². The SMILES string of the molecule is C=C(C)c1c(O)cc(/C=C/c2ccsc2)cc1O. The fourth-order valence-electron chi connectivity index (χ4n) is 1.73. The van der Waals surface area contributed by atoms with Gasteiger partial charge in [-0.25, -0.2) is 0 Å². The number of rotatable bonds is 3. The number of thiophene rings is 1. The van der Waals surface area contributed by atoms with Gasteiger partial charge in [0.15, 0.2) is 0 Å². The molecule has 0 fully saturated rings. The lowest BCUT2D eigenvalue weighted by Gasteiger charge is -2.07. The van der Waals surface area contributed by atoms with Crippen LogP contribution < -0.4 is 0 Å². The van der Waals surface area contributed by atoms with Crippen LogP contribution in [-0.4, -0.2) is 10.2 Å². The van der Waals surface area contributed by atoms with Gasteiger partial charge >= 0.3 is 0 Å². The molecule has 0 saturated heterocycles. The molecular formula is C15H14O2S. The van der Waals surface area contributed by atoms with Crippen molar-refractivity contribution < 1.29 is 10.2 Å². The predicted molar refractivity (Wildman–Crippen MR) is 77.7 cm³/mol. The van der Waals surface area contributed by atoms with Crippen LogP contribution in [0.15, 0.2) is 35.5 Å². The molecule has 2 N–H and O–H groups in total. The number of benzene rings is 1. The first-order chi connectivity index (χ1) is 8.58. The van der Waals surface area contributed by atoms with Gasteiger partial charge in [-0.3, -0.25) is 0 Å². The van der Waals surface area contributed by atoms with Gasteiger partial charge in [-0.05, 0) is 52.6 Å². The second-order valence-corrected chi connectivity index (χ2v) is 4.88. The monoisotopic (exact) mass is 258 g/mol. The summed E-state index contributed by atoms with van der Waals surface area (Å²) in [7, 11) is 0. The lowest BCUT2D eigenvalue weighted by atomic mass is 10.0. The molecule has 92 valence electrons. The van der Waals surface area contributed by atoms with E-state index in [1.54, 1.807) is 30.4 Å². The summed E-state index contributed by atoms with van der Waals surface area (Å²) in [4.78, 5) is 0. The first-order valence-corrected chi connectivity index (χ1v) is 6.44. The van der Waals surface area contributed by atoms with E-state index in [1.165, 1.54) is 0 Å². The summed E-state index contributed by atoms with van der Waals surface area (Å²) < 4.78 is 0. The van der Waals surface area contributed by atoms with Crippen LogP contribution >= 0.6 is 11.3 Å². The van der Waals surface area contributed by atoms with Crippen molar-refractivity contribution in [1.82, 2.24) is 0 Å². The molecule has 2 rings (SSSR count). The topological polar surface area (TPSA) is 40.5 Å². The van der Waals surface area contributed by atoms with Crippen molar-refractivity contribution >= 4 is 29.1 Å². The molecule has 0 aliphatic rings. The molecule has 0 saturated carbocycles. The zero-order valence-electron chi connectivity index (χ0n) is 10.1. The number of aromatic hydroxyl groups is 2. The van der Waals surface area contributed by atoms with Crippen LogP contribution in [0.5, 0.6) is 11.5 Å². The molecule has 2 nitrogen and oxygen atoms in total. The maximum atomic E-state index is 9.85. The molecule has 0 amide bonds. The number of phenols is 2. The van der Waals surface area contributed by atoms with Crippen LogP contribution in [0.1, 0.15) is 23.6 Å². The molecule has 0 spiro atoms. The Balaban J connectivity index is 2.34. The fraction of sp³-hybridized carbons (Fsp3) is 0.0667. The summed E-state index contributed by atoms with van der Waals surface area (Å²) in [5.74, 6) is 0.0972. The lowest BCUT2D eigenvalue weighted by molar-refractivity contribution is 0.447. The van der Waals surface area contributed by atoms with Crippen molar-refractivity contribution in [3.05, 3.63) is 52.2 Å². The largest absolute Gasteiger partial charge is 0.507 e. The molecule has 0 aliphatic heterocycles. The Hall–Kier alpha value is -2.00. The molecule has 0 radical (unpaired) electrons. The minimum Gasteiger partial charge on any atom is -0.507 e. The van der Waals surface area contributed by atoms with Gasteiger partial charge in [0, 0.05) is 0 Å². The number of allylic oxidation sites excluding steroid dienone is 1. The van der Waals surface area contributed by atoms with Gasteiger partial charge in [0.05, 0.1) is 5.56 Å². The minimum atomic E-state index is 0.0486. The summed E-state index contributed by atoms with van der Waals surface area (Å²) in [6, 6.07) is 5.24. The van der Waals surface area contributed by atoms with Crippen molar-refractivity contribution in [2.75, 3.05) is 0 Å². The van der Waals surface area contributed by atoms with Gasteiger partial charge in [0.1, 0.15) is 11.5 Å². The lowest BCUT2D eigenvalue weighted by Crippen LogP contribution is -1.83. The Labute approximate surface area is 110 Å². The number of hydrogen-bond acceptors (Lipinski definition) is 3. The van der Waals surface area contributed by atoms with Crippen LogP contribution in [0.25, 0.3) is 17.7 Å². The maximum absolute atomic E-state index is 9.85. The van der Waals surface area contributed by atoms with Gasteiger partial charge in [-0.2, -0.15) is 11.3 Å². The molecule has 0 unspecified atom stereocenters. The molecule has 3 heteroatoms. The van der Waals surface area contributed by atoms with E-state index in [0.717, 1.165) is 11.1 Å². The molecule has 1 aromatic heterocycles. The average Bonchev–Trinajstić information content (AvgIpc) is 2.77. The summed E-state index contributed by atoms with van der Waals surface area (Å²) in [5.41, 5.74) is 2.89. The summed E-state index contributed by atoms with van der Waals surface area (Å²) in [6.07, 6.45) is 3.79. The van der Waals surface area contributed by atoms with E-state index >= 15 is 0 Å². The van der Waals surface area contributed by atoms with Crippen molar-refractivity contribution in [3.8, 4) is 11.5 Å². The van der Waals surface area contributed by atoms with Crippen molar-refractivity contribution in [1.29, 1.82) is 0 Å². The van der Waals surface area contributed by atoms with Crippen LogP contribution in [0.2, 0.25) is 0 Å². The fourth-order valence-corrected chi connectivity index (χ4v) is 2.36. The normalized spacial score (nSPS) is 10.9. The van der Waals surface area contributed by atoms with E-state index in [2.05, 4.69) is 6.58 Å². The summed E-state index contributed by atoms with van der Waals surface area (Å²) in [5, 5.41) is 23.7. The van der Waals surface area contributed by atoms with Crippen molar-refractivity contribution in [2.24, 2.45) is 0 Å². The van der Waals surface area contributed by atoms with E-state index in [-0.39, 0.29) is 11.5 Å². The van der Waals surface area contributed by atoms with Crippen LogP contribution in [0, 0.1) is 0 Å². The van der Waals surface area contributed by atoms with Crippen LogP contribution in [-0.2, 0) is 0 Å². The highest BCUT2D eigenvalue weighted by Crippen LogP contribution is 2.34. The van der Waals surface area contributed by atoms with Crippen molar-refractivity contribution in [3.63, 3.8) is 0 Å². The second kappa shape index (κ2) is 5.10. The molecule has 0 bridgehead atoms. The smallest absolute Gasteiger partial charge is 0.127 e. The van der Waals surface area contributed by atoms with Gasteiger partial charge in [0.25, 0.3) is 0 Å². The van der Waals surface area contributed by atoms with Gasteiger partial charge < -0.3 is 10.2 Å². The first kappa shape index (κ1) is 12.5. The Morgan fingerprint density at radius 3 is 2.28 bits per heavy atom. The Kier molecular flexibility index (Phi) is 3.53. The second-order valence-electron chi connectivity index (χ2n) is 4.10. The highest BCUT2D eigenvalue weighted by molar-refractivity contribution is 7.08. The molecule has 1 heterocycles. The molecule has 2 aromatic rings. The minimum absolute atomic E-state index is 0.0486. The van der Waals surface area contributed by atoms with Crippen LogP contribution in [0.3, 0.4) is 0 Å². The van der Waals surface area contributed by atoms with Crippen molar-refractivity contribution in [2.45, 2.75) is 6.92 Å². The third-order valence-corrected chi connectivity index (χ3v) is 3.26. The number of phenolic OH excluding ortho intramolecular Hbond substituents is 2. The summed E-state index contributed by atoms with van der Waals surface area (Å²) in [6.45, 7) is 5.47. The molecule has 0 atom stereocenters. The predicted octanol–water partition coefficient (Wildman–Crippen LogP) is 4.36. The Morgan fingerprint density at radius 2 is 1.78 bits per heavy atom. The van der Waals surface area contributed by atoms with E-state index in [9.17, 15) is 10.2 Å². The highest BCUT2D eigenvalue weighted by Gasteiger charge is 2.09. The standard InChI is InChI=1S/C15H14O2S/c1-10(2)15-13(16)7-12(8-14(15)17)4-3-11-5-6-18-9-11/h3-9,16-17H,1H2,2H3/b4-3+. The zero-order valence-corrected chi connectivity index (χ0v) is 10.9. The average molecular weight is 258 g/mol. The summed E-state index contributed by atoms with van der Waals surface area (Å²) >= 11 is 1.63. The first-order valence-electron chi connectivity index (χ1n) is 5.50. The highest BCUT2D eigenvalue weighted by atomic mass is 32.1. The Morgan fingerprint density at radius 1 is 1.17 bits per heavy atom. The van der Waals surface area contributed by atoms with Gasteiger partial charge in [-0.1, -0.05) is 18.7 Å². The quantitative estimate of drug-likeness (QED) is 0.858. The molecule has 18 heavy (non-hydrogen) atoms. The molecule has 1 aromatic carbocycles. The molecule has 0 aliphatic carbocycles.